The van der Waals surface area contributed by atoms with Crippen LogP contribution in [0.5, 0.6) is 0 Å². The number of hydrogen-bond acceptors (Lipinski definition) is 4. The van der Waals surface area contributed by atoms with Gasteiger partial charge in [-0.25, -0.2) is 0 Å². The summed E-state index contributed by atoms with van der Waals surface area (Å²) in [4.78, 5) is 12.0. The van der Waals surface area contributed by atoms with Crippen LogP contribution < -0.4 is 5.32 Å². The second-order valence-electron chi connectivity index (χ2n) is 5.76. The van der Waals surface area contributed by atoms with E-state index in [0.29, 0.717) is 5.89 Å². The maximum atomic E-state index is 12.0. The lowest BCUT2D eigenvalue weighted by Gasteiger charge is -2.06. The molecule has 0 spiro atoms. The van der Waals surface area contributed by atoms with Gasteiger partial charge in [0.1, 0.15) is 0 Å². The number of nitrogens with zero attached hydrogens (tertiary/aromatic N) is 2. The molecule has 0 saturated heterocycles. The summed E-state index contributed by atoms with van der Waals surface area (Å²) in [6.45, 7) is 4.05. The van der Waals surface area contributed by atoms with Crippen molar-refractivity contribution in [2.75, 3.05) is 5.32 Å². The fraction of sp³-hybridized carbons (Fsp3) is 0.438. The molecular formula is C16H19N3O2. The second-order valence-corrected chi connectivity index (χ2v) is 5.76. The van der Waals surface area contributed by atoms with E-state index in [1.54, 1.807) is 0 Å². The fourth-order valence-corrected chi connectivity index (χ4v) is 2.88. The molecule has 3 rings (SSSR count). The van der Waals surface area contributed by atoms with Crippen LogP contribution in [0.4, 0.5) is 6.01 Å². The first-order chi connectivity index (χ1) is 10.1. The van der Waals surface area contributed by atoms with Crippen LogP contribution in [0.2, 0.25) is 0 Å². The van der Waals surface area contributed by atoms with Crippen molar-refractivity contribution in [2.45, 2.75) is 39.5 Å². The zero-order valence-corrected chi connectivity index (χ0v) is 12.3. The zero-order chi connectivity index (χ0) is 14.8. The van der Waals surface area contributed by atoms with E-state index in [0.717, 1.165) is 42.4 Å². The van der Waals surface area contributed by atoms with E-state index >= 15 is 0 Å². The Morgan fingerprint density at radius 3 is 2.48 bits per heavy atom. The van der Waals surface area contributed by atoms with Crippen molar-refractivity contribution in [1.29, 1.82) is 0 Å². The minimum atomic E-state index is -0.0110. The quantitative estimate of drug-likeness (QED) is 0.937. The maximum absolute atomic E-state index is 12.0. The molecule has 1 aliphatic rings. The lowest BCUT2D eigenvalue weighted by atomic mass is 10.1. The van der Waals surface area contributed by atoms with Gasteiger partial charge >= 0.3 is 6.01 Å². The molecule has 1 saturated carbocycles. The van der Waals surface area contributed by atoms with Gasteiger partial charge in [-0.1, -0.05) is 35.1 Å². The molecule has 5 heteroatoms. The lowest BCUT2D eigenvalue weighted by molar-refractivity contribution is -0.119. The fourth-order valence-electron chi connectivity index (χ4n) is 2.88. The molecule has 1 N–H and O–H groups in total. The normalized spacial score (nSPS) is 15.3. The molecule has 2 aromatic rings. The number of rotatable bonds is 3. The minimum Gasteiger partial charge on any atom is -0.403 e. The van der Waals surface area contributed by atoms with Gasteiger partial charge in [-0.2, -0.15) is 0 Å². The van der Waals surface area contributed by atoms with E-state index < -0.39 is 0 Å². The minimum absolute atomic E-state index is 0.0110. The number of anilines is 1. The number of carbonyl (C=O) groups is 1. The average molecular weight is 285 g/mol. The summed E-state index contributed by atoms with van der Waals surface area (Å²) in [6, 6.07) is 6.25. The van der Waals surface area contributed by atoms with Gasteiger partial charge in [0.25, 0.3) is 0 Å². The highest BCUT2D eigenvalue weighted by Crippen LogP contribution is 2.27. The standard InChI is InChI=1S/C16H19N3O2/c1-10-7-11(2)9-13(8-10)15-18-19-16(21-15)17-14(20)12-5-3-4-6-12/h7-9,12H,3-6H2,1-2H3,(H,17,19,20). The van der Waals surface area contributed by atoms with Gasteiger partial charge in [0.15, 0.2) is 0 Å². The van der Waals surface area contributed by atoms with Crippen LogP contribution in [0.3, 0.4) is 0 Å². The van der Waals surface area contributed by atoms with Crippen molar-refractivity contribution < 1.29 is 9.21 Å². The van der Waals surface area contributed by atoms with E-state index in [1.165, 1.54) is 0 Å². The van der Waals surface area contributed by atoms with E-state index in [1.807, 2.05) is 26.0 Å². The van der Waals surface area contributed by atoms with Crippen LogP contribution in [-0.4, -0.2) is 16.1 Å². The van der Waals surface area contributed by atoms with Crippen molar-refractivity contribution >= 4 is 11.9 Å². The third-order valence-corrected chi connectivity index (χ3v) is 3.85. The topological polar surface area (TPSA) is 68.0 Å². The van der Waals surface area contributed by atoms with Gasteiger partial charge in [-0.05, 0) is 38.8 Å². The summed E-state index contributed by atoms with van der Waals surface area (Å²) in [7, 11) is 0. The third-order valence-electron chi connectivity index (χ3n) is 3.85. The maximum Gasteiger partial charge on any atom is 0.322 e. The van der Waals surface area contributed by atoms with Crippen molar-refractivity contribution in [3.05, 3.63) is 29.3 Å². The number of benzene rings is 1. The summed E-state index contributed by atoms with van der Waals surface area (Å²) < 4.78 is 5.56. The van der Waals surface area contributed by atoms with Gasteiger partial charge in [0.05, 0.1) is 0 Å². The number of amides is 1. The van der Waals surface area contributed by atoms with Crippen molar-refractivity contribution in [2.24, 2.45) is 5.92 Å². The first-order valence-electron chi connectivity index (χ1n) is 7.35. The summed E-state index contributed by atoms with van der Waals surface area (Å²) in [5, 5.41) is 10.7. The number of hydrogen-bond donors (Lipinski definition) is 1. The summed E-state index contributed by atoms with van der Waals surface area (Å²) in [5.74, 6) is 0.508. The van der Waals surface area contributed by atoms with Gasteiger partial charge < -0.3 is 4.42 Å². The Morgan fingerprint density at radius 2 is 1.81 bits per heavy atom. The summed E-state index contributed by atoms with van der Waals surface area (Å²) >= 11 is 0. The average Bonchev–Trinajstić information content (AvgIpc) is 3.08. The molecular weight excluding hydrogens is 266 g/mol. The van der Waals surface area contributed by atoms with E-state index in [-0.39, 0.29) is 17.8 Å². The van der Waals surface area contributed by atoms with Gasteiger partial charge in [0.2, 0.25) is 11.8 Å². The van der Waals surface area contributed by atoms with Crippen molar-refractivity contribution in [1.82, 2.24) is 10.2 Å². The number of carbonyl (C=O) groups excluding carboxylic acids is 1. The lowest BCUT2D eigenvalue weighted by Crippen LogP contribution is -2.20. The first kappa shape index (κ1) is 13.8. The summed E-state index contributed by atoms with van der Waals surface area (Å²) in [6.07, 6.45) is 4.14. The van der Waals surface area contributed by atoms with Crippen LogP contribution in [-0.2, 0) is 4.79 Å². The van der Waals surface area contributed by atoms with Crippen LogP contribution in [0.1, 0.15) is 36.8 Å². The SMILES string of the molecule is Cc1cc(C)cc(-c2nnc(NC(=O)C3CCCC3)o2)c1. The van der Waals surface area contributed by atoms with Crippen LogP contribution >= 0.6 is 0 Å². The molecule has 21 heavy (non-hydrogen) atoms. The Labute approximate surface area is 123 Å². The smallest absolute Gasteiger partial charge is 0.322 e. The molecule has 5 nitrogen and oxygen atoms in total. The highest BCUT2D eigenvalue weighted by Gasteiger charge is 2.24. The molecule has 0 unspecified atom stereocenters. The number of aryl methyl sites for hydroxylation is 2. The van der Waals surface area contributed by atoms with E-state index in [2.05, 4.69) is 21.6 Å². The van der Waals surface area contributed by atoms with Crippen LogP contribution in [0.15, 0.2) is 22.6 Å². The molecule has 0 radical (unpaired) electrons. The highest BCUT2D eigenvalue weighted by molar-refractivity contribution is 5.90. The monoisotopic (exact) mass is 285 g/mol. The van der Waals surface area contributed by atoms with E-state index in [4.69, 9.17) is 4.42 Å². The Morgan fingerprint density at radius 1 is 1.14 bits per heavy atom. The van der Waals surface area contributed by atoms with E-state index in [9.17, 15) is 4.79 Å². The van der Waals surface area contributed by atoms with Gasteiger partial charge in [-0.15, -0.1) is 5.10 Å². The summed E-state index contributed by atoms with van der Waals surface area (Å²) in [5.41, 5.74) is 3.15. The molecule has 1 heterocycles. The molecule has 0 atom stereocenters. The number of nitrogens with one attached hydrogen (secondary N) is 1. The second kappa shape index (κ2) is 5.68. The predicted octanol–water partition coefficient (Wildman–Crippen LogP) is 3.48. The number of aromatic nitrogens is 2. The Balaban J connectivity index is 1.75. The molecule has 110 valence electrons. The molecule has 1 aromatic heterocycles. The molecule has 0 bridgehead atoms. The molecule has 1 amide bonds. The van der Waals surface area contributed by atoms with Crippen molar-refractivity contribution in [3.8, 4) is 11.5 Å². The third kappa shape index (κ3) is 3.12. The van der Waals surface area contributed by atoms with Gasteiger partial charge in [-0.3, -0.25) is 10.1 Å². The zero-order valence-electron chi connectivity index (χ0n) is 12.3. The van der Waals surface area contributed by atoms with Crippen LogP contribution in [0.25, 0.3) is 11.5 Å². The Hall–Kier alpha value is -2.17. The first-order valence-corrected chi connectivity index (χ1v) is 7.35. The highest BCUT2D eigenvalue weighted by atomic mass is 16.4. The Kier molecular flexibility index (Phi) is 3.73. The molecule has 1 aliphatic carbocycles. The molecule has 0 aliphatic heterocycles. The largest absolute Gasteiger partial charge is 0.403 e. The predicted molar refractivity (Wildman–Crippen MR) is 79.8 cm³/mol. The molecule has 1 aromatic carbocycles. The molecule has 1 fully saturated rings. The van der Waals surface area contributed by atoms with Crippen molar-refractivity contribution in [3.63, 3.8) is 0 Å². The van der Waals surface area contributed by atoms with Gasteiger partial charge in [0, 0.05) is 11.5 Å². The Bertz CT molecular complexity index is 637. The van der Waals surface area contributed by atoms with Crippen LogP contribution in [0, 0.1) is 19.8 Å².